The number of hydrogen-bond acceptors (Lipinski definition) is 7. The van der Waals surface area contributed by atoms with E-state index in [1.165, 1.54) is 16.4 Å². The molecule has 1 amide bonds. The predicted octanol–water partition coefficient (Wildman–Crippen LogP) is 1.39. The lowest BCUT2D eigenvalue weighted by Gasteiger charge is -2.34. The molecule has 1 saturated heterocycles. The van der Waals surface area contributed by atoms with Crippen molar-refractivity contribution in [2.75, 3.05) is 31.1 Å². The number of anilines is 1. The predicted molar refractivity (Wildman–Crippen MR) is 113 cm³/mol. The summed E-state index contributed by atoms with van der Waals surface area (Å²) in [5, 5.41) is 5.19. The standard InChI is InChI=1S/C20H20N6O4S/c1-13-12-17-22-20(14-4-2-3-5-15(14)26(17)23-13)24-8-10-25(11-9-24)31(28,29)18-7-6-16(30-18)19(21)27/h2-7,12H,8-11H2,1H3,(H2,21,27). The third-order valence-corrected chi connectivity index (χ3v) is 7.14. The van der Waals surface area contributed by atoms with Crippen molar-refractivity contribution < 1.29 is 17.6 Å². The fourth-order valence-electron chi connectivity index (χ4n) is 3.86. The van der Waals surface area contributed by atoms with Gasteiger partial charge in [0, 0.05) is 37.6 Å². The fourth-order valence-corrected chi connectivity index (χ4v) is 5.19. The van der Waals surface area contributed by atoms with E-state index in [1.54, 1.807) is 0 Å². The van der Waals surface area contributed by atoms with E-state index in [9.17, 15) is 13.2 Å². The van der Waals surface area contributed by atoms with Crippen LogP contribution in [-0.4, -0.2) is 59.4 Å². The molecule has 2 N–H and O–H groups in total. The van der Waals surface area contributed by atoms with Crippen LogP contribution in [0.4, 0.5) is 5.82 Å². The number of carbonyl (C=O) groups excluding carboxylic acids is 1. The smallest absolute Gasteiger partial charge is 0.284 e. The zero-order valence-corrected chi connectivity index (χ0v) is 17.5. The lowest BCUT2D eigenvalue weighted by molar-refractivity contribution is 0.0968. The topological polar surface area (TPSA) is 127 Å². The highest BCUT2D eigenvalue weighted by Crippen LogP contribution is 2.28. The monoisotopic (exact) mass is 440 g/mol. The molecule has 0 spiro atoms. The van der Waals surface area contributed by atoms with Crippen molar-refractivity contribution in [1.29, 1.82) is 0 Å². The summed E-state index contributed by atoms with van der Waals surface area (Å²) in [6, 6.07) is 12.3. The number of sulfonamides is 1. The number of amides is 1. The lowest BCUT2D eigenvalue weighted by atomic mass is 10.2. The number of fused-ring (bicyclic) bond motifs is 3. The average molecular weight is 440 g/mol. The summed E-state index contributed by atoms with van der Waals surface area (Å²) in [5.41, 5.74) is 7.72. The van der Waals surface area contributed by atoms with E-state index in [0.717, 1.165) is 28.1 Å². The van der Waals surface area contributed by atoms with E-state index >= 15 is 0 Å². The number of aromatic nitrogens is 3. The zero-order valence-electron chi connectivity index (χ0n) is 16.7. The molecule has 0 unspecified atom stereocenters. The maximum Gasteiger partial charge on any atom is 0.284 e. The maximum atomic E-state index is 12.9. The molecule has 10 nitrogen and oxygen atoms in total. The molecule has 1 aromatic carbocycles. The number of para-hydroxylation sites is 1. The fraction of sp³-hybridized carbons (Fsp3) is 0.250. The van der Waals surface area contributed by atoms with Gasteiger partial charge in [-0.25, -0.2) is 17.9 Å². The number of nitrogens with two attached hydrogens (primary N) is 1. The third-order valence-electron chi connectivity index (χ3n) is 5.36. The lowest BCUT2D eigenvalue weighted by Crippen LogP contribution is -2.49. The van der Waals surface area contributed by atoms with Crippen LogP contribution in [0.1, 0.15) is 16.2 Å². The number of aryl methyl sites for hydroxylation is 1. The van der Waals surface area contributed by atoms with E-state index in [-0.39, 0.29) is 23.9 Å². The van der Waals surface area contributed by atoms with Crippen LogP contribution >= 0.6 is 0 Å². The molecule has 4 aromatic rings. The number of furan rings is 1. The molecule has 1 aliphatic heterocycles. The van der Waals surface area contributed by atoms with Gasteiger partial charge in [0.05, 0.1) is 11.2 Å². The Kier molecular flexibility index (Phi) is 4.45. The van der Waals surface area contributed by atoms with E-state index in [4.69, 9.17) is 15.1 Å². The first kappa shape index (κ1) is 19.5. The Morgan fingerprint density at radius 3 is 2.55 bits per heavy atom. The maximum absolute atomic E-state index is 12.9. The molecule has 160 valence electrons. The van der Waals surface area contributed by atoms with Gasteiger partial charge in [0.1, 0.15) is 5.82 Å². The Labute approximate surface area is 177 Å². The number of hydrogen-bond donors (Lipinski definition) is 1. The van der Waals surface area contributed by atoms with Crippen molar-refractivity contribution in [2.45, 2.75) is 12.0 Å². The van der Waals surface area contributed by atoms with Gasteiger partial charge in [-0.15, -0.1) is 0 Å². The second-order valence-electron chi connectivity index (χ2n) is 7.38. The van der Waals surface area contributed by atoms with Crippen LogP contribution in [0.25, 0.3) is 16.6 Å². The SMILES string of the molecule is Cc1cc2nc(N3CCN(S(=O)(=O)c4ccc(C(N)=O)o4)CC3)c3ccccc3n2n1. The van der Waals surface area contributed by atoms with E-state index in [1.807, 2.05) is 41.8 Å². The van der Waals surface area contributed by atoms with Crippen molar-refractivity contribution in [2.24, 2.45) is 5.73 Å². The summed E-state index contributed by atoms with van der Waals surface area (Å²) in [6.07, 6.45) is 0. The quantitative estimate of drug-likeness (QED) is 0.508. The summed E-state index contributed by atoms with van der Waals surface area (Å²) in [6.45, 7) is 3.36. The summed E-state index contributed by atoms with van der Waals surface area (Å²) in [4.78, 5) is 18.1. The van der Waals surface area contributed by atoms with E-state index < -0.39 is 15.9 Å². The van der Waals surface area contributed by atoms with Gasteiger partial charge in [0.15, 0.2) is 11.4 Å². The molecule has 31 heavy (non-hydrogen) atoms. The average Bonchev–Trinajstić information content (AvgIpc) is 3.40. The van der Waals surface area contributed by atoms with E-state index in [2.05, 4.69) is 10.00 Å². The minimum absolute atomic E-state index is 0.183. The van der Waals surface area contributed by atoms with Crippen molar-refractivity contribution >= 4 is 38.3 Å². The van der Waals surface area contributed by atoms with Gasteiger partial charge in [-0.3, -0.25) is 4.79 Å². The summed E-state index contributed by atoms with van der Waals surface area (Å²) in [7, 11) is -3.86. The van der Waals surface area contributed by atoms with Gasteiger partial charge in [0.2, 0.25) is 5.09 Å². The van der Waals surface area contributed by atoms with Crippen LogP contribution in [-0.2, 0) is 10.0 Å². The largest absolute Gasteiger partial charge is 0.438 e. The second-order valence-corrected chi connectivity index (χ2v) is 9.25. The van der Waals surface area contributed by atoms with Crippen molar-refractivity contribution in [3.8, 4) is 0 Å². The van der Waals surface area contributed by atoms with Gasteiger partial charge in [-0.2, -0.15) is 9.40 Å². The molecule has 4 heterocycles. The molecule has 3 aromatic heterocycles. The second kappa shape index (κ2) is 7.06. The van der Waals surface area contributed by atoms with Gasteiger partial charge >= 0.3 is 0 Å². The highest BCUT2D eigenvalue weighted by molar-refractivity contribution is 7.89. The molecule has 1 fully saturated rings. The summed E-state index contributed by atoms with van der Waals surface area (Å²) < 4.78 is 34.1. The number of rotatable bonds is 4. The molecular formula is C20H20N6O4S. The van der Waals surface area contributed by atoms with Crippen LogP contribution < -0.4 is 10.6 Å². The Balaban J connectivity index is 1.44. The van der Waals surface area contributed by atoms with Crippen LogP contribution in [0.5, 0.6) is 0 Å². The number of carbonyl (C=O) groups is 1. The van der Waals surface area contributed by atoms with Crippen molar-refractivity contribution in [3.05, 3.63) is 53.9 Å². The Hall–Kier alpha value is -3.44. The van der Waals surface area contributed by atoms with Crippen LogP contribution in [0.15, 0.2) is 52.0 Å². The van der Waals surface area contributed by atoms with Gasteiger partial charge in [-0.1, -0.05) is 12.1 Å². The number of primary amides is 1. The number of piperazine rings is 1. The molecule has 0 atom stereocenters. The third kappa shape index (κ3) is 3.22. The molecule has 5 rings (SSSR count). The highest BCUT2D eigenvalue weighted by Gasteiger charge is 2.32. The molecule has 0 radical (unpaired) electrons. The highest BCUT2D eigenvalue weighted by atomic mass is 32.2. The molecule has 1 aliphatic rings. The van der Waals surface area contributed by atoms with E-state index in [0.29, 0.717) is 13.1 Å². The first-order valence-electron chi connectivity index (χ1n) is 9.74. The van der Waals surface area contributed by atoms with Gasteiger partial charge in [0.25, 0.3) is 15.9 Å². The minimum Gasteiger partial charge on any atom is -0.438 e. The summed E-state index contributed by atoms with van der Waals surface area (Å²) in [5.74, 6) is -0.193. The first-order valence-corrected chi connectivity index (χ1v) is 11.2. The molecule has 0 aliphatic carbocycles. The minimum atomic E-state index is -3.86. The van der Waals surface area contributed by atoms with Gasteiger partial charge < -0.3 is 15.1 Å². The molecule has 0 saturated carbocycles. The Bertz CT molecular complexity index is 1420. The first-order chi connectivity index (χ1) is 14.8. The molecule has 11 heteroatoms. The number of nitrogens with zero attached hydrogens (tertiary/aromatic N) is 5. The van der Waals surface area contributed by atoms with Crippen LogP contribution in [0, 0.1) is 6.92 Å². The molecular weight excluding hydrogens is 420 g/mol. The normalized spacial score (nSPS) is 15.7. The Morgan fingerprint density at radius 1 is 1.10 bits per heavy atom. The van der Waals surface area contributed by atoms with Crippen molar-refractivity contribution in [3.63, 3.8) is 0 Å². The van der Waals surface area contributed by atoms with Crippen LogP contribution in [0.2, 0.25) is 0 Å². The Morgan fingerprint density at radius 2 is 1.84 bits per heavy atom. The number of benzene rings is 1. The zero-order chi connectivity index (χ0) is 21.8. The summed E-state index contributed by atoms with van der Waals surface area (Å²) >= 11 is 0. The van der Waals surface area contributed by atoms with Crippen LogP contribution in [0.3, 0.4) is 0 Å². The molecule has 0 bridgehead atoms. The van der Waals surface area contributed by atoms with Crippen molar-refractivity contribution in [1.82, 2.24) is 18.9 Å². The van der Waals surface area contributed by atoms with Gasteiger partial charge in [-0.05, 0) is 31.2 Å².